The molecule has 0 aromatic heterocycles. The van der Waals surface area contributed by atoms with Crippen LogP contribution in [0.15, 0.2) is 30.3 Å². The summed E-state index contributed by atoms with van der Waals surface area (Å²) < 4.78 is 5.63. The molecule has 0 aliphatic rings. The lowest BCUT2D eigenvalue weighted by atomic mass is 10.0. The fourth-order valence-electron chi connectivity index (χ4n) is 1.70. The van der Waals surface area contributed by atoms with Crippen LogP contribution in [0.25, 0.3) is 0 Å². The number of para-hydroxylation sites is 1. The first-order chi connectivity index (χ1) is 7.74. The van der Waals surface area contributed by atoms with Crippen LogP contribution in [0.4, 0.5) is 0 Å². The Morgan fingerprint density at radius 1 is 1.25 bits per heavy atom. The van der Waals surface area contributed by atoms with Gasteiger partial charge in [-0.1, -0.05) is 32.0 Å². The first-order valence-electron chi connectivity index (χ1n) is 6.06. The van der Waals surface area contributed by atoms with Crippen LogP contribution in [0, 0.1) is 5.92 Å². The molecule has 2 unspecified atom stereocenters. The van der Waals surface area contributed by atoms with Gasteiger partial charge in [0.25, 0.3) is 0 Å². The van der Waals surface area contributed by atoms with Crippen LogP contribution in [-0.2, 0) is 0 Å². The van der Waals surface area contributed by atoms with Crippen LogP contribution >= 0.6 is 11.6 Å². The third-order valence-electron chi connectivity index (χ3n) is 2.82. The van der Waals surface area contributed by atoms with Gasteiger partial charge in [0, 0.05) is 5.38 Å². The van der Waals surface area contributed by atoms with Gasteiger partial charge < -0.3 is 4.74 Å². The molecule has 0 saturated heterocycles. The van der Waals surface area contributed by atoms with Gasteiger partial charge in [0.2, 0.25) is 0 Å². The molecule has 0 bridgehead atoms. The maximum Gasteiger partial charge on any atom is 0.119 e. The average Bonchev–Trinajstić information content (AvgIpc) is 2.34. The molecule has 16 heavy (non-hydrogen) atoms. The Morgan fingerprint density at radius 3 is 2.56 bits per heavy atom. The van der Waals surface area contributed by atoms with Crippen molar-refractivity contribution in [3.8, 4) is 5.75 Å². The molecule has 0 saturated carbocycles. The standard InChI is InChI=1S/C14H21ClO/c1-3-14(15)12(2)8-7-11-16-13-9-5-4-6-10-13/h4-6,9-10,12,14H,3,7-8,11H2,1-2H3. The second kappa shape index (κ2) is 7.56. The smallest absolute Gasteiger partial charge is 0.119 e. The maximum absolute atomic E-state index is 6.17. The topological polar surface area (TPSA) is 9.23 Å². The molecular weight excluding hydrogens is 220 g/mol. The lowest BCUT2D eigenvalue weighted by molar-refractivity contribution is 0.293. The predicted molar refractivity (Wildman–Crippen MR) is 70.3 cm³/mol. The molecule has 0 radical (unpaired) electrons. The minimum absolute atomic E-state index is 0.303. The van der Waals surface area contributed by atoms with Crippen LogP contribution in [0.1, 0.15) is 33.1 Å². The summed E-state index contributed by atoms with van der Waals surface area (Å²) in [6, 6.07) is 9.95. The van der Waals surface area contributed by atoms with Crippen molar-refractivity contribution in [1.82, 2.24) is 0 Å². The number of hydrogen-bond donors (Lipinski definition) is 0. The Bertz CT molecular complexity index is 273. The highest BCUT2D eigenvalue weighted by Gasteiger charge is 2.11. The number of alkyl halides is 1. The number of rotatable bonds is 7. The van der Waals surface area contributed by atoms with Crippen molar-refractivity contribution in [3.05, 3.63) is 30.3 Å². The van der Waals surface area contributed by atoms with E-state index in [1.54, 1.807) is 0 Å². The van der Waals surface area contributed by atoms with E-state index >= 15 is 0 Å². The summed E-state index contributed by atoms with van der Waals surface area (Å²) in [6.45, 7) is 5.12. The Kier molecular flexibility index (Phi) is 6.32. The van der Waals surface area contributed by atoms with Gasteiger partial charge >= 0.3 is 0 Å². The number of ether oxygens (including phenoxy) is 1. The maximum atomic E-state index is 6.17. The number of benzene rings is 1. The minimum Gasteiger partial charge on any atom is -0.494 e. The molecule has 1 nitrogen and oxygen atoms in total. The van der Waals surface area contributed by atoms with Crippen molar-refractivity contribution in [1.29, 1.82) is 0 Å². The molecule has 0 spiro atoms. The van der Waals surface area contributed by atoms with Crippen molar-refractivity contribution < 1.29 is 4.74 Å². The summed E-state index contributed by atoms with van der Waals surface area (Å²) in [5.74, 6) is 1.53. The van der Waals surface area contributed by atoms with Crippen molar-refractivity contribution in [2.24, 2.45) is 5.92 Å². The fraction of sp³-hybridized carbons (Fsp3) is 0.571. The predicted octanol–water partition coefficient (Wildman–Crippen LogP) is 4.50. The van der Waals surface area contributed by atoms with Crippen LogP contribution < -0.4 is 4.74 Å². The summed E-state index contributed by atoms with van der Waals surface area (Å²) in [7, 11) is 0. The van der Waals surface area contributed by atoms with E-state index in [1.165, 1.54) is 0 Å². The summed E-state index contributed by atoms with van der Waals surface area (Å²) in [4.78, 5) is 0. The quantitative estimate of drug-likeness (QED) is 0.504. The van der Waals surface area contributed by atoms with Crippen LogP contribution in [0.5, 0.6) is 5.75 Å². The van der Waals surface area contributed by atoms with Crippen LogP contribution in [0.2, 0.25) is 0 Å². The highest BCUT2D eigenvalue weighted by atomic mass is 35.5. The highest BCUT2D eigenvalue weighted by molar-refractivity contribution is 6.20. The molecule has 1 rings (SSSR count). The van der Waals surface area contributed by atoms with E-state index < -0.39 is 0 Å². The zero-order chi connectivity index (χ0) is 11.8. The van der Waals surface area contributed by atoms with Gasteiger partial charge in [-0.15, -0.1) is 11.6 Å². The first kappa shape index (κ1) is 13.4. The summed E-state index contributed by atoms with van der Waals surface area (Å²) in [5.41, 5.74) is 0. The molecule has 0 aliphatic heterocycles. The summed E-state index contributed by atoms with van der Waals surface area (Å²) >= 11 is 6.17. The van der Waals surface area contributed by atoms with Crippen molar-refractivity contribution >= 4 is 11.6 Å². The molecule has 1 aromatic rings. The third-order valence-corrected chi connectivity index (χ3v) is 3.56. The summed E-state index contributed by atoms with van der Waals surface area (Å²) in [6.07, 6.45) is 3.25. The molecule has 0 N–H and O–H groups in total. The molecule has 1 aromatic carbocycles. The van der Waals surface area contributed by atoms with Crippen molar-refractivity contribution in [3.63, 3.8) is 0 Å². The molecule has 90 valence electrons. The SMILES string of the molecule is CCC(Cl)C(C)CCCOc1ccccc1. The monoisotopic (exact) mass is 240 g/mol. The first-order valence-corrected chi connectivity index (χ1v) is 6.49. The van der Waals surface area contributed by atoms with Gasteiger partial charge in [-0.2, -0.15) is 0 Å². The van der Waals surface area contributed by atoms with Crippen LogP contribution in [0.3, 0.4) is 0 Å². The Hall–Kier alpha value is -0.690. The van der Waals surface area contributed by atoms with Gasteiger partial charge in [-0.05, 0) is 37.3 Å². The normalized spacial score (nSPS) is 14.4. The lowest BCUT2D eigenvalue weighted by Crippen LogP contribution is -2.11. The molecule has 2 atom stereocenters. The molecule has 0 heterocycles. The van der Waals surface area contributed by atoms with E-state index in [4.69, 9.17) is 16.3 Å². The largest absolute Gasteiger partial charge is 0.494 e. The minimum atomic E-state index is 0.303. The average molecular weight is 241 g/mol. The molecule has 0 fully saturated rings. The Labute approximate surface area is 104 Å². The highest BCUT2D eigenvalue weighted by Crippen LogP contribution is 2.19. The summed E-state index contributed by atoms with van der Waals surface area (Å²) in [5, 5.41) is 0.303. The van der Waals surface area contributed by atoms with E-state index in [0.717, 1.165) is 31.6 Å². The van der Waals surface area contributed by atoms with E-state index in [-0.39, 0.29) is 0 Å². The van der Waals surface area contributed by atoms with Crippen molar-refractivity contribution in [2.75, 3.05) is 6.61 Å². The van der Waals surface area contributed by atoms with Crippen LogP contribution in [-0.4, -0.2) is 12.0 Å². The van der Waals surface area contributed by atoms with E-state index in [9.17, 15) is 0 Å². The second-order valence-corrected chi connectivity index (χ2v) is 4.77. The fourth-order valence-corrected chi connectivity index (χ4v) is 1.82. The van der Waals surface area contributed by atoms with Gasteiger partial charge in [0.15, 0.2) is 0 Å². The zero-order valence-electron chi connectivity index (χ0n) is 10.2. The van der Waals surface area contributed by atoms with Gasteiger partial charge in [-0.25, -0.2) is 0 Å². The lowest BCUT2D eigenvalue weighted by Gasteiger charge is -2.16. The van der Waals surface area contributed by atoms with E-state index in [2.05, 4.69) is 13.8 Å². The molecule has 0 amide bonds. The third kappa shape index (κ3) is 4.89. The molecular formula is C14H21ClO. The molecule has 2 heteroatoms. The van der Waals surface area contributed by atoms with E-state index in [0.29, 0.717) is 11.3 Å². The molecule has 0 aliphatic carbocycles. The number of hydrogen-bond acceptors (Lipinski definition) is 1. The second-order valence-electron chi connectivity index (χ2n) is 4.21. The van der Waals surface area contributed by atoms with Gasteiger partial charge in [0.1, 0.15) is 5.75 Å². The van der Waals surface area contributed by atoms with Gasteiger partial charge in [-0.3, -0.25) is 0 Å². The Balaban J connectivity index is 2.13. The van der Waals surface area contributed by atoms with E-state index in [1.807, 2.05) is 30.3 Å². The number of halogens is 1. The van der Waals surface area contributed by atoms with Crippen molar-refractivity contribution in [2.45, 2.75) is 38.5 Å². The Morgan fingerprint density at radius 2 is 1.94 bits per heavy atom. The zero-order valence-corrected chi connectivity index (χ0v) is 10.9. The van der Waals surface area contributed by atoms with Gasteiger partial charge in [0.05, 0.1) is 6.61 Å².